The van der Waals surface area contributed by atoms with Gasteiger partial charge in [-0.2, -0.15) is 0 Å². The summed E-state index contributed by atoms with van der Waals surface area (Å²) in [6.07, 6.45) is 2.33. The van der Waals surface area contributed by atoms with Crippen molar-refractivity contribution in [3.8, 4) is 11.1 Å². The smallest absolute Gasteiger partial charge is 0.228 e. The summed E-state index contributed by atoms with van der Waals surface area (Å²) < 4.78 is 0. The third-order valence-corrected chi connectivity index (χ3v) is 4.05. The SMILES string of the molecule is Cc1cccc(-c2c(Cl)nc(N3CCCC3)nc2Cl)c1. The predicted molar refractivity (Wildman–Crippen MR) is 83.7 cm³/mol. The number of halogens is 2. The Morgan fingerprint density at radius 2 is 1.70 bits per heavy atom. The fraction of sp³-hybridized carbons (Fsp3) is 0.333. The van der Waals surface area contributed by atoms with Crippen LogP contribution in [0.25, 0.3) is 11.1 Å². The summed E-state index contributed by atoms with van der Waals surface area (Å²) in [4.78, 5) is 11.0. The van der Waals surface area contributed by atoms with E-state index in [-0.39, 0.29) is 0 Å². The third kappa shape index (κ3) is 2.60. The van der Waals surface area contributed by atoms with Crippen molar-refractivity contribution in [3.05, 3.63) is 40.1 Å². The van der Waals surface area contributed by atoms with Crippen molar-refractivity contribution in [2.75, 3.05) is 18.0 Å². The first-order valence-electron chi connectivity index (χ1n) is 6.70. The lowest BCUT2D eigenvalue weighted by Gasteiger charge is -2.17. The van der Waals surface area contributed by atoms with Crippen LogP contribution in [0.3, 0.4) is 0 Å². The van der Waals surface area contributed by atoms with Crippen molar-refractivity contribution in [3.63, 3.8) is 0 Å². The molecule has 1 saturated heterocycles. The Kier molecular flexibility index (Phi) is 3.81. The van der Waals surface area contributed by atoms with Gasteiger partial charge in [-0.05, 0) is 25.3 Å². The molecular weight excluding hydrogens is 293 g/mol. The zero-order valence-electron chi connectivity index (χ0n) is 11.2. The standard InChI is InChI=1S/C15H15Cl2N3/c1-10-5-4-6-11(9-10)12-13(16)18-15(19-14(12)17)20-7-2-3-8-20/h4-6,9H,2-3,7-8H2,1H3. The van der Waals surface area contributed by atoms with Gasteiger partial charge in [0.25, 0.3) is 0 Å². The minimum atomic E-state index is 0.414. The molecule has 1 aromatic heterocycles. The molecular formula is C15H15Cl2N3. The van der Waals surface area contributed by atoms with Gasteiger partial charge in [0.05, 0.1) is 5.56 Å². The van der Waals surface area contributed by atoms with E-state index in [9.17, 15) is 0 Å². The monoisotopic (exact) mass is 307 g/mol. The van der Waals surface area contributed by atoms with Crippen LogP contribution in [0.4, 0.5) is 5.95 Å². The first-order chi connectivity index (χ1) is 9.65. The third-order valence-electron chi connectivity index (χ3n) is 3.50. The Hall–Kier alpha value is -1.32. The number of nitrogens with zero attached hydrogens (tertiary/aromatic N) is 3. The molecule has 3 nitrogen and oxygen atoms in total. The molecule has 2 aromatic rings. The van der Waals surface area contributed by atoms with Gasteiger partial charge >= 0.3 is 0 Å². The molecule has 0 bridgehead atoms. The molecule has 1 fully saturated rings. The van der Waals surface area contributed by atoms with Crippen molar-refractivity contribution < 1.29 is 0 Å². The number of hydrogen-bond acceptors (Lipinski definition) is 3. The molecule has 0 spiro atoms. The normalized spacial score (nSPS) is 14.8. The second-order valence-corrected chi connectivity index (χ2v) is 5.76. The molecule has 1 aromatic carbocycles. The van der Waals surface area contributed by atoms with E-state index in [1.807, 2.05) is 31.2 Å². The lowest BCUT2D eigenvalue weighted by atomic mass is 10.1. The van der Waals surface area contributed by atoms with Crippen molar-refractivity contribution in [1.82, 2.24) is 9.97 Å². The number of rotatable bonds is 2. The van der Waals surface area contributed by atoms with Crippen LogP contribution >= 0.6 is 23.2 Å². The van der Waals surface area contributed by atoms with Crippen LogP contribution in [-0.2, 0) is 0 Å². The summed E-state index contributed by atoms with van der Waals surface area (Å²) in [5.41, 5.74) is 2.81. The highest BCUT2D eigenvalue weighted by Gasteiger charge is 2.19. The summed E-state index contributed by atoms with van der Waals surface area (Å²) in [7, 11) is 0. The van der Waals surface area contributed by atoms with Crippen LogP contribution in [0.15, 0.2) is 24.3 Å². The van der Waals surface area contributed by atoms with Crippen molar-refractivity contribution >= 4 is 29.2 Å². The van der Waals surface area contributed by atoms with E-state index in [4.69, 9.17) is 23.2 Å². The van der Waals surface area contributed by atoms with Gasteiger partial charge in [-0.3, -0.25) is 0 Å². The average Bonchev–Trinajstić information content (AvgIpc) is 2.91. The Labute approximate surface area is 128 Å². The van der Waals surface area contributed by atoms with Crippen LogP contribution in [0, 0.1) is 6.92 Å². The number of aromatic nitrogens is 2. The molecule has 0 amide bonds. The van der Waals surface area contributed by atoms with Crippen LogP contribution in [0.1, 0.15) is 18.4 Å². The average molecular weight is 308 g/mol. The largest absolute Gasteiger partial charge is 0.341 e. The topological polar surface area (TPSA) is 29.0 Å². The summed E-state index contributed by atoms with van der Waals surface area (Å²) in [5.74, 6) is 0.633. The summed E-state index contributed by atoms with van der Waals surface area (Å²) in [6, 6.07) is 8.02. The Morgan fingerprint density at radius 1 is 1.05 bits per heavy atom. The highest BCUT2D eigenvalue weighted by molar-refractivity contribution is 6.37. The van der Waals surface area contributed by atoms with Gasteiger partial charge in [-0.15, -0.1) is 0 Å². The van der Waals surface area contributed by atoms with E-state index < -0.39 is 0 Å². The lowest BCUT2D eigenvalue weighted by Crippen LogP contribution is -2.20. The van der Waals surface area contributed by atoms with Crippen molar-refractivity contribution in [1.29, 1.82) is 0 Å². The molecule has 0 N–H and O–H groups in total. The summed E-state index contributed by atoms with van der Waals surface area (Å²) in [5, 5.41) is 0.829. The van der Waals surface area contributed by atoms with E-state index in [1.54, 1.807) is 0 Å². The molecule has 3 rings (SSSR count). The molecule has 0 radical (unpaired) electrons. The molecule has 0 aliphatic carbocycles. The van der Waals surface area contributed by atoms with Gasteiger partial charge in [-0.1, -0.05) is 53.0 Å². The summed E-state index contributed by atoms with van der Waals surface area (Å²) in [6.45, 7) is 3.97. The molecule has 0 unspecified atom stereocenters. The highest BCUT2D eigenvalue weighted by Crippen LogP contribution is 2.34. The molecule has 1 aliphatic heterocycles. The van der Waals surface area contributed by atoms with Gasteiger partial charge < -0.3 is 4.90 Å². The number of anilines is 1. The Bertz CT molecular complexity index is 614. The maximum absolute atomic E-state index is 6.34. The van der Waals surface area contributed by atoms with Crippen LogP contribution in [0.5, 0.6) is 0 Å². The zero-order chi connectivity index (χ0) is 14.1. The lowest BCUT2D eigenvalue weighted by molar-refractivity contribution is 0.899. The van der Waals surface area contributed by atoms with Crippen molar-refractivity contribution in [2.24, 2.45) is 0 Å². The molecule has 0 saturated carbocycles. The first kappa shape index (κ1) is 13.7. The molecule has 5 heteroatoms. The van der Waals surface area contributed by atoms with Gasteiger partial charge in [0, 0.05) is 13.1 Å². The Morgan fingerprint density at radius 3 is 2.30 bits per heavy atom. The van der Waals surface area contributed by atoms with E-state index in [0.29, 0.717) is 21.8 Å². The van der Waals surface area contributed by atoms with E-state index in [2.05, 4.69) is 14.9 Å². The molecule has 104 valence electrons. The van der Waals surface area contributed by atoms with Crippen molar-refractivity contribution in [2.45, 2.75) is 19.8 Å². The first-order valence-corrected chi connectivity index (χ1v) is 7.46. The number of hydrogen-bond donors (Lipinski definition) is 0. The van der Waals surface area contributed by atoms with Crippen LogP contribution in [-0.4, -0.2) is 23.1 Å². The molecule has 2 heterocycles. The molecule has 0 atom stereocenters. The van der Waals surface area contributed by atoms with Gasteiger partial charge in [0.15, 0.2) is 0 Å². The maximum Gasteiger partial charge on any atom is 0.228 e. The fourth-order valence-corrected chi connectivity index (χ4v) is 3.09. The predicted octanol–water partition coefficient (Wildman–Crippen LogP) is 4.36. The fourth-order valence-electron chi connectivity index (χ4n) is 2.49. The van der Waals surface area contributed by atoms with E-state index >= 15 is 0 Å². The number of benzene rings is 1. The second kappa shape index (κ2) is 5.58. The second-order valence-electron chi connectivity index (χ2n) is 5.04. The van der Waals surface area contributed by atoms with Crippen LogP contribution < -0.4 is 4.90 Å². The molecule has 20 heavy (non-hydrogen) atoms. The zero-order valence-corrected chi connectivity index (χ0v) is 12.7. The van der Waals surface area contributed by atoms with Gasteiger partial charge in [-0.25, -0.2) is 9.97 Å². The van der Waals surface area contributed by atoms with Crippen LogP contribution in [0.2, 0.25) is 10.3 Å². The minimum Gasteiger partial charge on any atom is -0.341 e. The maximum atomic E-state index is 6.34. The highest BCUT2D eigenvalue weighted by atomic mass is 35.5. The quantitative estimate of drug-likeness (QED) is 0.772. The summed E-state index contributed by atoms with van der Waals surface area (Å²) >= 11 is 12.7. The van der Waals surface area contributed by atoms with Gasteiger partial charge in [0.2, 0.25) is 5.95 Å². The van der Waals surface area contributed by atoms with E-state index in [1.165, 1.54) is 0 Å². The minimum absolute atomic E-state index is 0.414. The van der Waals surface area contributed by atoms with Gasteiger partial charge in [0.1, 0.15) is 10.3 Å². The molecule has 1 aliphatic rings. The Balaban J connectivity index is 2.04. The van der Waals surface area contributed by atoms with E-state index in [0.717, 1.165) is 37.1 Å². The number of aryl methyl sites for hydroxylation is 1.